The van der Waals surface area contributed by atoms with E-state index in [0.29, 0.717) is 18.6 Å². The van der Waals surface area contributed by atoms with E-state index < -0.39 is 11.1 Å². The first kappa shape index (κ1) is 13.3. The highest BCUT2D eigenvalue weighted by Crippen LogP contribution is 2.44. The van der Waals surface area contributed by atoms with Crippen molar-refractivity contribution in [1.82, 2.24) is 0 Å². The Labute approximate surface area is 105 Å². The van der Waals surface area contributed by atoms with Crippen LogP contribution >= 0.6 is 0 Å². The molecular weight excluding hydrogens is 214 g/mol. The summed E-state index contributed by atoms with van der Waals surface area (Å²) in [5, 5.41) is 11.0. The summed E-state index contributed by atoms with van der Waals surface area (Å²) in [6, 6.07) is 0. The number of nitrogens with two attached hydrogens (primary N) is 1. The average molecular weight is 241 g/mol. The lowest BCUT2D eigenvalue weighted by Gasteiger charge is -2.47. The molecule has 2 fully saturated rings. The number of aliphatic hydroxyl groups is 1. The standard InChI is InChI=1S/C14H27NO2/c1-12(2)4-3-5-14(16,7-6-12)13(15)8-10-17-11-9-13/h16H,3-11,15H2,1-2H3. The van der Waals surface area contributed by atoms with E-state index in [1.165, 1.54) is 6.42 Å². The highest BCUT2D eigenvalue weighted by Gasteiger charge is 2.49. The molecular formula is C14H27NO2. The number of rotatable bonds is 1. The van der Waals surface area contributed by atoms with E-state index in [1.807, 2.05) is 0 Å². The van der Waals surface area contributed by atoms with E-state index in [1.54, 1.807) is 0 Å². The highest BCUT2D eigenvalue weighted by atomic mass is 16.5. The minimum absolute atomic E-state index is 0.353. The van der Waals surface area contributed by atoms with Crippen molar-refractivity contribution in [3.8, 4) is 0 Å². The Balaban J connectivity index is 2.12. The first-order valence-electron chi connectivity index (χ1n) is 6.96. The molecule has 0 aromatic heterocycles. The lowest BCUT2D eigenvalue weighted by Crippen LogP contribution is -2.62. The van der Waals surface area contributed by atoms with Crippen LogP contribution in [-0.2, 0) is 4.74 Å². The summed E-state index contributed by atoms with van der Waals surface area (Å²) in [4.78, 5) is 0. The molecule has 1 unspecified atom stereocenters. The van der Waals surface area contributed by atoms with Crippen molar-refractivity contribution in [1.29, 1.82) is 0 Å². The molecule has 0 bridgehead atoms. The zero-order valence-corrected chi connectivity index (χ0v) is 11.3. The van der Waals surface area contributed by atoms with Gasteiger partial charge in [0, 0.05) is 18.8 Å². The summed E-state index contributed by atoms with van der Waals surface area (Å²) < 4.78 is 5.38. The Morgan fingerprint density at radius 2 is 1.59 bits per heavy atom. The van der Waals surface area contributed by atoms with Crippen molar-refractivity contribution in [2.45, 2.75) is 69.9 Å². The van der Waals surface area contributed by atoms with Crippen LogP contribution in [-0.4, -0.2) is 29.5 Å². The highest BCUT2D eigenvalue weighted by molar-refractivity contribution is 5.06. The predicted octanol–water partition coefficient (Wildman–Crippen LogP) is 2.22. The maximum Gasteiger partial charge on any atom is 0.0828 e. The van der Waals surface area contributed by atoms with Gasteiger partial charge < -0.3 is 15.6 Å². The molecule has 1 atom stereocenters. The second-order valence-electron chi connectivity index (χ2n) is 6.82. The van der Waals surface area contributed by atoms with Crippen molar-refractivity contribution >= 4 is 0 Å². The fourth-order valence-corrected chi connectivity index (χ4v) is 3.35. The SMILES string of the molecule is CC1(C)CCCC(O)(C2(N)CCOCC2)CC1. The van der Waals surface area contributed by atoms with Crippen LogP contribution < -0.4 is 5.73 Å². The summed E-state index contributed by atoms with van der Waals surface area (Å²) in [7, 11) is 0. The summed E-state index contributed by atoms with van der Waals surface area (Å²) in [5.41, 5.74) is 5.75. The van der Waals surface area contributed by atoms with Gasteiger partial charge in [0.05, 0.1) is 5.60 Å². The normalized spacial score (nSPS) is 37.4. The third kappa shape index (κ3) is 2.67. The molecule has 2 aliphatic rings. The maximum absolute atomic E-state index is 11.0. The van der Waals surface area contributed by atoms with Gasteiger partial charge in [0.15, 0.2) is 0 Å². The zero-order chi connectivity index (χ0) is 12.6. The van der Waals surface area contributed by atoms with Crippen LogP contribution in [0.3, 0.4) is 0 Å². The van der Waals surface area contributed by atoms with Gasteiger partial charge >= 0.3 is 0 Å². The largest absolute Gasteiger partial charge is 0.388 e. The van der Waals surface area contributed by atoms with Crippen molar-refractivity contribution in [2.75, 3.05) is 13.2 Å². The van der Waals surface area contributed by atoms with Gasteiger partial charge in [-0.25, -0.2) is 0 Å². The Morgan fingerprint density at radius 1 is 0.941 bits per heavy atom. The Bertz CT molecular complexity index is 271. The van der Waals surface area contributed by atoms with E-state index in [4.69, 9.17) is 10.5 Å². The fourth-order valence-electron chi connectivity index (χ4n) is 3.35. The molecule has 0 aromatic carbocycles. The Hall–Kier alpha value is -0.120. The van der Waals surface area contributed by atoms with Gasteiger partial charge in [-0.15, -0.1) is 0 Å². The molecule has 0 aromatic rings. The summed E-state index contributed by atoms with van der Waals surface area (Å²) >= 11 is 0. The number of ether oxygens (including phenoxy) is 1. The molecule has 0 spiro atoms. The molecule has 2 rings (SSSR count). The summed E-state index contributed by atoms with van der Waals surface area (Å²) in [5.74, 6) is 0. The van der Waals surface area contributed by atoms with Gasteiger partial charge in [-0.05, 0) is 50.4 Å². The maximum atomic E-state index is 11.0. The van der Waals surface area contributed by atoms with Crippen molar-refractivity contribution in [3.63, 3.8) is 0 Å². The molecule has 3 nitrogen and oxygen atoms in total. The molecule has 1 aliphatic heterocycles. The third-order valence-corrected chi connectivity index (χ3v) is 4.97. The molecule has 1 aliphatic carbocycles. The first-order chi connectivity index (χ1) is 7.87. The summed E-state index contributed by atoms with van der Waals surface area (Å²) in [6.45, 7) is 5.99. The van der Waals surface area contributed by atoms with Crippen molar-refractivity contribution in [2.24, 2.45) is 11.1 Å². The average Bonchev–Trinajstić information content (AvgIpc) is 2.40. The van der Waals surface area contributed by atoms with Crippen LogP contribution in [0, 0.1) is 5.41 Å². The molecule has 17 heavy (non-hydrogen) atoms. The van der Waals surface area contributed by atoms with E-state index >= 15 is 0 Å². The van der Waals surface area contributed by atoms with E-state index in [9.17, 15) is 5.11 Å². The lowest BCUT2D eigenvalue weighted by molar-refractivity contribution is -0.0924. The Morgan fingerprint density at radius 3 is 2.24 bits per heavy atom. The molecule has 100 valence electrons. The minimum atomic E-state index is -0.676. The van der Waals surface area contributed by atoms with Gasteiger partial charge in [-0.3, -0.25) is 0 Å². The predicted molar refractivity (Wildman–Crippen MR) is 68.8 cm³/mol. The quantitative estimate of drug-likeness (QED) is 0.692. The minimum Gasteiger partial charge on any atom is -0.388 e. The monoisotopic (exact) mass is 241 g/mol. The second-order valence-corrected chi connectivity index (χ2v) is 6.82. The first-order valence-corrected chi connectivity index (χ1v) is 6.96. The van der Waals surface area contributed by atoms with Gasteiger partial charge in [0.25, 0.3) is 0 Å². The van der Waals surface area contributed by atoms with E-state index in [0.717, 1.165) is 38.5 Å². The van der Waals surface area contributed by atoms with Crippen LogP contribution in [0.15, 0.2) is 0 Å². The zero-order valence-electron chi connectivity index (χ0n) is 11.3. The molecule has 1 saturated carbocycles. The molecule has 0 amide bonds. The molecule has 1 saturated heterocycles. The van der Waals surface area contributed by atoms with Crippen molar-refractivity contribution < 1.29 is 9.84 Å². The Kier molecular flexibility index (Phi) is 3.54. The summed E-state index contributed by atoms with van der Waals surface area (Å²) in [6.07, 6.45) is 6.64. The van der Waals surface area contributed by atoms with Gasteiger partial charge in [-0.1, -0.05) is 13.8 Å². The van der Waals surface area contributed by atoms with Crippen molar-refractivity contribution in [3.05, 3.63) is 0 Å². The molecule has 1 heterocycles. The van der Waals surface area contributed by atoms with Crippen LogP contribution in [0.4, 0.5) is 0 Å². The topological polar surface area (TPSA) is 55.5 Å². The van der Waals surface area contributed by atoms with Gasteiger partial charge in [0.1, 0.15) is 0 Å². The third-order valence-electron chi connectivity index (χ3n) is 4.97. The van der Waals surface area contributed by atoms with E-state index in [-0.39, 0.29) is 0 Å². The number of hydrogen-bond donors (Lipinski definition) is 2. The smallest absolute Gasteiger partial charge is 0.0828 e. The fraction of sp³-hybridized carbons (Fsp3) is 1.00. The molecule has 3 heteroatoms. The lowest BCUT2D eigenvalue weighted by atomic mass is 9.70. The molecule has 3 N–H and O–H groups in total. The second kappa shape index (κ2) is 4.52. The van der Waals surface area contributed by atoms with Gasteiger partial charge in [-0.2, -0.15) is 0 Å². The van der Waals surface area contributed by atoms with Crippen LogP contribution in [0.25, 0.3) is 0 Å². The number of hydrogen-bond acceptors (Lipinski definition) is 3. The van der Waals surface area contributed by atoms with Gasteiger partial charge in [0.2, 0.25) is 0 Å². The molecule has 0 radical (unpaired) electrons. The van der Waals surface area contributed by atoms with Crippen LogP contribution in [0.5, 0.6) is 0 Å². The van der Waals surface area contributed by atoms with E-state index in [2.05, 4.69) is 13.8 Å². The van der Waals surface area contributed by atoms with Crippen LogP contribution in [0.2, 0.25) is 0 Å². The van der Waals surface area contributed by atoms with Crippen LogP contribution in [0.1, 0.15) is 58.8 Å².